The van der Waals surface area contributed by atoms with Gasteiger partial charge >= 0.3 is 0 Å². The maximum Gasteiger partial charge on any atom is 0.188 e. The van der Waals surface area contributed by atoms with Gasteiger partial charge in [-0.2, -0.15) is 0 Å². The van der Waals surface area contributed by atoms with E-state index in [2.05, 4.69) is 41.2 Å². The molecule has 0 bridgehead atoms. The van der Waals surface area contributed by atoms with Crippen molar-refractivity contribution in [3.63, 3.8) is 0 Å². The van der Waals surface area contributed by atoms with E-state index in [9.17, 15) is 0 Å². The summed E-state index contributed by atoms with van der Waals surface area (Å²) in [4.78, 5) is 4.19. The van der Waals surface area contributed by atoms with E-state index in [0.717, 1.165) is 29.9 Å². The zero-order chi connectivity index (χ0) is 17.2. The van der Waals surface area contributed by atoms with Crippen LogP contribution in [0.3, 0.4) is 0 Å². The summed E-state index contributed by atoms with van der Waals surface area (Å²) in [7, 11) is 0. The van der Waals surface area contributed by atoms with E-state index in [1.807, 2.05) is 37.3 Å². The van der Waals surface area contributed by atoms with E-state index in [1.165, 1.54) is 5.56 Å². The number of guanidine groups is 1. The van der Waals surface area contributed by atoms with Crippen molar-refractivity contribution in [3.05, 3.63) is 77.9 Å². The second-order valence-corrected chi connectivity index (χ2v) is 5.76. The van der Waals surface area contributed by atoms with E-state index in [1.54, 1.807) is 0 Å². The molecule has 0 aromatic heterocycles. The maximum atomic E-state index is 5.85. The third-order valence-corrected chi connectivity index (χ3v) is 3.39. The predicted molar refractivity (Wildman–Crippen MR) is 116 cm³/mol. The number of nitrogens with two attached hydrogens (primary N) is 1. The minimum absolute atomic E-state index is 0. The first-order valence-electron chi connectivity index (χ1n) is 8.07. The third-order valence-electron chi connectivity index (χ3n) is 3.39. The van der Waals surface area contributed by atoms with E-state index in [-0.39, 0.29) is 24.0 Å². The summed E-state index contributed by atoms with van der Waals surface area (Å²) >= 11 is 0. The first kappa shape index (κ1) is 21.0. The van der Waals surface area contributed by atoms with Crippen molar-refractivity contribution < 1.29 is 4.74 Å². The molecule has 25 heavy (non-hydrogen) atoms. The standard InChI is InChI=1S/C20H25N3O.HI/c1-16(2)14-23-20(21)22-12-11-17-9-6-10-19(13-17)24-15-18-7-4-3-5-8-18;/h3-10,13H,1,11-12,14-15H2,2H3,(H3,21,22,23);1H. The van der Waals surface area contributed by atoms with Gasteiger partial charge in [-0.25, -0.2) is 4.99 Å². The number of nitrogens with zero attached hydrogens (tertiary/aromatic N) is 1. The lowest BCUT2D eigenvalue weighted by molar-refractivity contribution is 0.306. The SMILES string of the molecule is C=C(C)CN=C(N)NCCc1cccc(OCc2ccccc2)c1.I. The second-order valence-electron chi connectivity index (χ2n) is 5.76. The molecule has 3 N–H and O–H groups in total. The van der Waals surface area contributed by atoms with Crippen molar-refractivity contribution in [2.24, 2.45) is 10.7 Å². The summed E-state index contributed by atoms with van der Waals surface area (Å²) < 4.78 is 5.85. The molecule has 5 heteroatoms. The molecule has 0 saturated carbocycles. The minimum atomic E-state index is 0. The average Bonchev–Trinajstić information content (AvgIpc) is 2.59. The van der Waals surface area contributed by atoms with Crippen LogP contribution in [-0.4, -0.2) is 19.0 Å². The first-order chi connectivity index (χ1) is 11.6. The van der Waals surface area contributed by atoms with Gasteiger partial charge in [0.05, 0.1) is 6.54 Å². The number of nitrogens with one attached hydrogen (secondary N) is 1. The first-order valence-corrected chi connectivity index (χ1v) is 8.07. The van der Waals surface area contributed by atoms with E-state index < -0.39 is 0 Å². The van der Waals surface area contributed by atoms with Crippen LogP contribution in [0.25, 0.3) is 0 Å². The zero-order valence-corrected chi connectivity index (χ0v) is 16.9. The normalized spacial score (nSPS) is 10.7. The summed E-state index contributed by atoms with van der Waals surface area (Å²) in [5.41, 5.74) is 9.14. The van der Waals surface area contributed by atoms with Gasteiger partial charge in [-0.1, -0.05) is 54.6 Å². The summed E-state index contributed by atoms with van der Waals surface area (Å²) in [6.07, 6.45) is 0.853. The Morgan fingerprint density at radius 1 is 1.12 bits per heavy atom. The lowest BCUT2D eigenvalue weighted by Gasteiger charge is -2.09. The Kier molecular flexibility index (Phi) is 9.69. The van der Waals surface area contributed by atoms with Crippen LogP contribution in [0.15, 0.2) is 71.7 Å². The van der Waals surface area contributed by atoms with Crippen LogP contribution in [0.2, 0.25) is 0 Å². The highest BCUT2D eigenvalue weighted by molar-refractivity contribution is 14.0. The molecule has 134 valence electrons. The van der Waals surface area contributed by atoms with Crippen molar-refractivity contribution in [2.75, 3.05) is 13.1 Å². The number of benzene rings is 2. The van der Waals surface area contributed by atoms with E-state index >= 15 is 0 Å². The van der Waals surface area contributed by atoms with Crippen LogP contribution >= 0.6 is 24.0 Å². The van der Waals surface area contributed by atoms with Gasteiger partial charge in [0, 0.05) is 6.54 Å². The highest BCUT2D eigenvalue weighted by Crippen LogP contribution is 2.15. The minimum Gasteiger partial charge on any atom is -0.489 e. The van der Waals surface area contributed by atoms with Crippen LogP contribution < -0.4 is 15.8 Å². The molecule has 2 rings (SSSR count). The highest BCUT2D eigenvalue weighted by Gasteiger charge is 1.99. The summed E-state index contributed by atoms with van der Waals surface area (Å²) in [5, 5.41) is 3.11. The number of ether oxygens (including phenoxy) is 1. The molecule has 0 aliphatic carbocycles. The molecule has 0 atom stereocenters. The van der Waals surface area contributed by atoms with E-state index in [4.69, 9.17) is 10.5 Å². The van der Waals surface area contributed by atoms with E-state index in [0.29, 0.717) is 19.1 Å². The molecule has 0 radical (unpaired) electrons. The topological polar surface area (TPSA) is 59.6 Å². The molecule has 2 aromatic carbocycles. The Hall–Kier alpha value is -2.02. The number of aliphatic imine (C=N–C) groups is 1. The largest absolute Gasteiger partial charge is 0.489 e. The molecule has 2 aromatic rings. The van der Waals surface area contributed by atoms with Crippen molar-refractivity contribution in [3.8, 4) is 5.75 Å². The summed E-state index contributed by atoms with van der Waals surface area (Å²) in [6, 6.07) is 18.3. The Balaban J connectivity index is 0.00000312. The monoisotopic (exact) mass is 451 g/mol. The lowest BCUT2D eigenvalue weighted by atomic mass is 10.1. The van der Waals surface area contributed by atoms with Crippen LogP contribution in [0.4, 0.5) is 0 Å². The third kappa shape index (κ3) is 8.58. The highest BCUT2D eigenvalue weighted by atomic mass is 127. The predicted octanol–water partition coefficient (Wildman–Crippen LogP) is 3.91. The average molecular weight is 451 g/mol. The van der Waals surface area contributed by atoms with Crippen molar-refractivity contribution >= 4 is 29.9 Å². The fourth-order valence-corrected chi connectivity index (χ4v) is 2.14. The van der Waals surface area contributed by atoms with Crippen LogP contribution in [-0.2, 0) is 13.0 Å². The van der Waals surface area contributed by atoms with Gasteiger partial charge in [0.15, 0.2) is 5.96 Å². The molecule has 0 saturated heterocycles. The van der Waals surface area contributed by atoms with Crippen LogP contribution in [0, 0.1) is 0 Å². The number of halogens is 1. The van der Waals surface area contributed by atoms with Crippen LogP contribution in [0.1, 0.15) is 18.1 Å². The van der Waals surface area contributed by atoms with Gasteiger partial charge in [-0.15, -0.1) is 24.0 Å². The quantitative estimate of drug-likeness (QED) is 0.277. The molecule has 0 amide bonds. The fourth-order valence-electron chi connectivity index (χ4n) is 2.14. The lowest BCUT2D eigenvalue weighted by Crippen LogP contribution is -2.33. The van der Waals surface area contributed by atoms with Gasteiger partial charge < -0.3 is 15.8 Å². The number of rotatable bonds is 8. The summed E-state index contributed by atoms with van der Waals surface area (Å²) in [6.45, 7) is 7.59. The Bertz CT molecular complexity index is 686. The molecular weight excluding hydrogens is 425 g/mol. The molecular formula is C20H26IN3O. The zero-order valence-electron chi connectivity index (χ0n) is 14.6. The Morgan fingerprint density at radius 2 is 1.84 bits per heavy atom. The van der Waals surface area contributed by atoms with Crippen molar-refractivity contribution in [1.82, 2.24) is 5.32 Å². The summed E-state index contributed by atoms with van der Waals surface area (Å²) in [5.74, 6) is 1.33. The molecule has 0 aliphatic rings. The van der Waals surface area contributed by atoms with Gasteiger partial charge in [-0.05, 0) is 36.6 Å². The van der Waals surface area contributed by atoms with Gasteiger partial charge in [-0.3, -0.25) is 0 Å². The van der Waals surface area contributed by atoms with Crippen LogP contribution in [0.5, 0.6) is 5.75 Å². The Labute approximate surface area is 167 Å². The second kappa shape index (κ2) is 11.5. The molecule has 4 nitrogen and oxygen atoms in total. The smallest absolute Gasteiger partial charge is 0.188 e. The van der Waals surface area contributed by atoms with Gasteiger partial charge in [0.2, 0.25) is 0 Å². The number of hydrogen-bond acceptors (Lipinski definition) is 2. The van der Waals surface area contributed by atoms with Crippen molar-refractivity contribution in [2.45, 2.75) is 20.0 Å². The molecule has 0 heterocycles. The molecule has 0 spiro atoms. The van der Waals surface area contributed by atoms with Gasteiger partial charge in [0.25, 0.3) is 0 Å². The fraction of sp³-hybridized carbons (Fsp3) is 0.250. The van der Waals surface area contributed by atoms with Crippen molar-refractivity contribution in [1.29, 1.82) is 0 Å². The van der Waals surface area contributed by atoms with Gasteiger partial charge in [0.1, 0.15) is 12.4 Å². The molecule has 0 unspecified atom stereocenters. The number of hydrogen-bond donors (Lipinski definition) is 2. The maximum absolute atomic E-state index is 5.85. The molecule has 0 fully saturated rings. The Morgan fingerprint density at radius 3 is 2.56 bits per heavy atom. The molecule has 0 aliphatic heterocycles.